The van der Waals surface area contributed by atoms with Gasteiger partial charge in [0.1, 0.15) is 0 Å². The smallest absolute Gasteiger partial charge is 0.322 e. The zero-order chi connectivity index (χ0) is 22.2. The van der Waals surface area contributed by atoms with E-state index in [4.69, 9.17) is 0 Å². The number of carbonyl (C=O) groups excluding carboxylic acids is 2. The lowest BCUT2D eigenvalue weighted by Gasteiger charge is -2.16. The van der Waals surface area contributed by atoms with Crippen LogP contribution < -0.4 is 10.2 Å². The van der Waals surface area contributed by atoms with E-state index >= 15 is 0 Å². The number of anilines is 2. The van der Waals surface area contributed by atoms with E-state index in [0.717, 1.165) is 22.9 Å². The highest BCUT2D eigenvalue weighted by Gasteiger charge is 2.40. The predicted octanol–water partition coefficient (Wildman–Crippen LogP) is 4.58. The third-order valence-corrected chi connectivity index (χ3v) is 5.07. The lowest BCUT2D eigenvalue weighted by Crippen LogP contribution is -2.23. The molecule has 0 atom stereocenters. The summed E-state index contributed by atoms with van der Waals surface area (Å²) in [6, 6.07) is 12.8. The van der Waals surface area contributed by atoms with E-state index < -0.39 is 23.3 Å². The molecule has 0 spiro atoms. The van der Waals surface area contributed by atoms with Crippen LogP contribution in [0.15, 0.2) is 54.7 Å². The molecule has 160 valence electrons. The number of aromatic nitrogens is 2. The molecule has 1 fully saturated rings. The van der Waals surface area contributed by atoms with Crippen molar-refractivity contribution in [2.75, 3.05) is 16.8 Å². The molecule has 2 amide bonds. The van der Waals surface area contributed by atoms with Gasteiger partial charge in [0.25, 0.3) is 5.91 Å². The van der Waals surface area contributed by atoms with Crippen LogP contribution in [-0.2, 0) is 11.0 Å². The minimum absolute atomic E-state index is 0.0233. The first-order chi connectivity index (χ1) is 14.7. The highest BCUT2D eigenvalue weighted by atomic mass is 19.4. The fraction of sp³-hybridized carbons (Fsp3) is 0.227. The second kappa shape index (κ2) is 7.90. The lowest BCUT2D eigenvalue weighted by atomic mass is 10.2. The molecular weight excluding hydrogens is 409 g/mol. The number of aryl methyl sites for hydroxylation is 1. The molecule has 9 heteroatoms. The normalized spacial score (nSPS) is 14.2. The second-order valence-corrected chi connectivity index (χ2v) is 7.30. The maximum atomic E-state index is 13.8. The van der Waals surface area contributed by atoms with Crippen LogP contribution in [0.2, 0.25) is 0 Å². The molecule has 3 aromatic rings. The Hall–Kier alpha value is -3.62. The van der Waals surface area contributed by atoms with Gasteiger partial charge in [-0.25, -0.2) is 4.68 Å². The quantitative estimate of drug-likeness (QED) is 0.662. The fourth-order valence-corrected chi connectivity index (χ4v) is 3.51. The standard InChI is InChI=1S/C22H19F3N4O2/c1-14-4-8-17(9-5-14)29-20(22(23,24)25)18(13-26-29)21(31)27-15-6-10-16(11-7-15)28-12-2-3-19(28)30/h4-11,13H,2-3,12H2,1H3,(H,27,31). The van der Waals surface area contributed by atoms with Gasteiger partial charge in [-0.15, -0.1) is 0 Å². The third kappa shape index (κ3) is 4.16. The first kappa shape index (κ1) is 20.6. The molecular formula is C22H19F3N4O2. The van der Waals surface area contributed by atoms with Crippen molar-refractivity contribution < 1.29 is 22.8 Å². The topological polar surface area (TPSA) is 67.2 Å². The Balaban J connectivity index is 1.60. The second-order valence-electron chi connectivity index (χ2n) is 7.30. The number of amides is 2. The monoisotopic (exact) mass is 428 g/mol. The Morgan fingerprint density at radius 3 is 2.26 bits per heavy atom. The third-order valence-electron chi connectivity index (χ3n) is 5.07. The summed E-state index contributed by atoms with van der Waals surface area (Å²) < 4.78 is 42.1. The number of alkyl halides is 3. The molecule has 1 aromatic heterocycles. The average Bonchev–Trinajstić information content (AvgIpc) is 3.36. The van der Waals surface area contributed by atoms with Crippen molar-refractivity contribution in [3.63, 3.8) is 0 Å². The first-order valence-corrected chi connectivity index (χ1v) is 9.68. The summed E-state index contributed by atoms with van der Waals surface area (Å²) in [5.41, 5.74) is 0.374. The number of nitrogens with zero attached hydrogens (tertiary/aromatic N) is 3. The minimum atomic E-state index is -4.78. The molecule has 1 N–H and O–H groups in total. The Morgan fingerprint density at radius 1 is 1.03 bits per heavy atom. The van der Waals surface area contributed by atoms with Crippen molar-refractivity contribution in [3.05, 3.63) is 71.5 Å². The number of halogens is 3. The summed E-state index contributed by atoms with van der Waals surface area (Å²) in [5, 5.41) is 6.29. The molecule has 1 saturated heterocycles. The van der Waals surface area contributed by atoms with Gasteiger partial charge in [-0.05, 0) is 49.7 Å². The average molecular weight is 428 g/mol. The van der Waals surface area contributed by atoms with Crippen LogP contribution in [-0.4, -0.2) is 28.1 Å². The number of carbonyl (C=O) groups is 2. The van der Waals surface area contributed by atoms with E-state index in [1.54, 1.807) is 41.3 Å². The first-order valence-electron chi connectivity index (χ1n) is 9.68. The summed E-state index contributed by atoms with van der Waals surface area (Å²) in [5.74, 6) is -0.897. The summed E-state index contributed by atoms with van der Waals surface area (Å²) in [7, 11) is 0. The number of hydrogen-bond donors (Lipinski definition) is 1. The summed E-state index contributed by atoms with van der Waals surface area (Å²) in [4.78, 5) is 26.1. The van der Waals surface area contributed by atoms with Gasteiger partial charge in [-0.1, -0.05) is 17.7 Å². The largest absolute Gasteiger partial charge is 0.434 e. The number of nitrogens with one attached hydrogen (secondary N) is 1. The molecule has 6 nitrogen and oxygen atoms in total. The highest BCUT2D eigenvalue weighted by Crippen LogP contribution is 2.34. The molecule has 1 aliphatic rings. The van der Waals surface area contributed by atoms with Gasteiger partial charge in [0.15, 0.2) is 5.69 Å². The maximum absolute atomic E-state index is 13.8. The van der Waals surface area contributed by atoms with Gasteiger partial charge >= 0.3 is 6.18 Å². The van der Waals surface area contributed by atoms with Crippen molar-refractivity contribution in [1.82, 2.24) is 9.78 Å². The van der Waals surface area contributed by atoms with Gasteiger partial charge < -0.3 is 10.2 Å². The Labute approximate surface area is 176 Å². The molecule has 0 radical (unpaired) electrons. The van der Waals surface area contributed by atoms with E-state index in [2.05, 4.69) is 10.4 Å². The van der Waals surface area contributed by atoms with Crippen molar-refractivity contribution in [3.8, 4) is 5.69 Å². The Bertz CT molecular complexity index is 1120. The number of hydrogen-bond acceptors (Lipinski definition) is 3. The van der Waals surface area contributed by atoms with Crippen LogP contribution in [0, 0.1) is 6.92 Å². The molecule has 1 aliphatic heterocycles. The SMILES string of the molecule is Cc1ccc(-n2ncc(C(=O)Nc3ccc(N4CCCC4=O)cc3)c2C(F)(F)F)cc1. The molecule has 0 saturated carbocycles. The molecule has 2 aromatic carbocycles. The Kier molecular flexibility index (Phi) is 5.26. The lowest BCUT2D eigenvalue weighted by molar-refractivity contribution is -0.143. The van der Waals surface area contributed by atoms with Gasteiger partial charge in [-0.2, -0.15) is 18.3 Å². The predicted molar refractivity (Wildman–Crippen MR) is 109 cm³/mol. The summed E-state index contributed by atoms with van der Waals surface area (Å²) in [6.45, 7) is 2.44. The van der Waals surface area contributed by atoms with Gasteiger partial charge in [0.05, 0.1) is 17.4 Å². The molecule has 0 unspecified atom stereocenters. The van der Waals surface area contributed by atoms with Crippen molar-refractivity contribution in [2.24, 2.45) is 0 Å². The van der Waals surface area contributed by atoms with E-state index in [0.29, 0.717) is 24.3 Å². The number of rotatable bonds is 4. The van der Waals surface area contributed by atoms with Gasteiger partial charge in [-0.3, -0.25) is 9.59 Å². The van der Waals surface area contributed by atoms with Gasteiger partial charge in [0.2, 0.25) is 5.91 Å². The molecule has 0 aliphatic carbocycles. The van der Waals surface area contributed by atoms with Crippen molar-refractivity contribution in [2.45, 2.75) is 25.9 Å². The van der Waals surface area contributed by atoms with Crippen molar-refractivity contribution >= 4 is 23.2 Å². The molecule has 2 heterocycles. The molecule has 0 bridgehead atoms. The molecule has 4 rings (SSSR count). The van der Waals surface area contributed by atoms with Crippen LogP contribution in [0.4, 0.5) is 24.5 Å². The van der Waals surface area contributed by atoms with E-state index in [-0.39, 0.29) is 11.6 Å². The molecule has 31 heavy (non-hydrogen) atoms. The zero-order valence-corrected chi connectivity index (χ0v) is 16.6. The van der Waals surface area contributed by atoms with E-state index in [1.807, 2.05) is 6.92 Å². The van der Waals surface area contributed by atoms with Crippen LogP contribution in [0.5, 0.6) is 0 Å². The highest BCUT2D eigenvalue weighted by molar-refractivity contribution is 6.05. The van der Waals surface area contributed by atoms with E-state index in [9.17, 15) is 22.8 Å². The summed E-state index contributed by atoms with van der Waals surface area (Å²) in [6.07, 6.45) is -2.60. The van der Waals surface area contributed by atoms with Gasteiger partial charge in [0, 0.05) is 24.3 Å². The minimum Gasteiger partial charge on any atom is -0.322 e. The fourth-order valence-electron chi connectivity index (χ4n) is 3.51. The maximum Gasteiger partial charge on any atom is 0.434 e. The zero-order valence-electron chi connectivity index (χ0n) is 16.6. The van der Waals surface area contributed by atoms with Crippen LogP contribution in [0.3, 0.4) is 0 Å². The van der Waals surface area contributed by atoms with E-state index in [1.165, 1.54) is 12.1 Å². The van der Waals surface area contributed by atoms with Crippen molar-refractivity contribution in [1.29, 1.82) is 0 Å². The van der Waals surface area contributed by atoms with Crippen LogP contribution in [0.25, 0.3) is 5.69 Å². The van der Waals surface area contributed by atoms with Crippen LogP contribution >= 0.6 is 0 Å². The van der Waals surface area contributed by atoms with Crippen LogP contribution in [0.1, 0.15) is 34.5 Å². The number of benzene rings is 2. The Morgan fingerprint density at radius 2 is 1.68 bits per heavy atom. The summed E-state index contributed by atoms with van der Waals surface area (Å²) >= 11 is 0.